The molecule has 0 spiro atoms. The quantitative estimate of drug-likeness (QED) is 0.687. The van der Waals surface area contributed by atoms with E-state index in [0.29, 0.717) is 19.4 Å². The van der Waals surface area contributed by atoms with Gasteiger partial charge in [-0.1, -0.05) is 30.3 Å². The monoisotopic (exact) mass is 426 g/mol. The molecule has 8 heteroatoms. The molecule has 0 N–H and O–H groups in total. The summed E-state index contributed by atoms with van der Waals surface area (Å²) >= 11 is 0. The molecule has 31 heavy (non-hydrogen) atoms. The van der Waals surface area contributed by atoms with E-state index in [0.717, 1.165) is 5.56 Å². The zero-order valence-corrected chi connectivity index (χ0v) is 17.1. The number of hydrogen-bond acceptors (Lipinski definition) is 5. The summed E-state index contributed by atoms with van der Waals surface area (Å²) in [5.41, 5.74) is 0.0346. The van der Waals surface area contributed by atoms with Gasteiger partial charge in [-0.25, -0.2) is 9.18 Å². The molecule has 0 radical (unpaired) electrons. The number of rotatable bonds is 5. The molecule has 0 unspecified atom stereocenters. The molecule has 1 aromatic carbocycles. The molecule has 3 aliphatic rings. The summed E-state index contributed by atoms with van der Waals surface area (Å²) in [4.78, 5) is 40.6. The van der Waals surface area contributed by atoms with E-state index in [-0.39, 0.29) is 42.2 Å². The molecule has 1 saturated heterocycles. The lowest BCUT2D eigenvalue weighted by Crippen LogP contribution is -2.55. The van der Waals surface area contributed by atoms with Crippen LogP contribution < -0.4 is 10.2 Å². The highest BCUT2D eigenvalue weighted by atomic mass is 19.1. The first-order valence-corrected chi connectivity index (χ1v) is 10.6. The molecule has 5 rings (SSSR count). The fourth-order valence-corrected chi connectivity index (χ4v) is 5.16. The summed E-state index contributed by atoms with van der Waals surface area (Å²) in [7, 11) is 0. The van der Waals surface area contributed by atoms with Gasteiger partial charge in [0.05, 0.1) is 18.7 Å². The van der Waals surface area contributed by atoms with Crippen molar-refractivity contribution in [2.24, 2.45) is 5.92 Å². The Morgan fingerprint density at radius 1 is 1.16 bits per heavy atom. The minimum Gasteiger partial charge on any atom is -0.483 e. The highest BCUT2D eigenvalue weighted by molar-refractivity contribution is 5.98. The van der Waals surface area contributed by atoms with Crippen LogP contribution in [0.15, 0.2) is 41.3 Å². The minimum absolute atomic E-state index is 0.0594. The molecule has 2 aromatic rings. The third-order valence-corrected chi connectivity index (χ3v) is 6.53. The number of piperidine rings is 1. The van der Waals surface area contributed by atoms with Gasteiger partial charge in [-0.3, -0.25) is 9.59 Å². The van der Waals surface area contributed by atoms with Crippen molar-refractivity contribution in [3.63, 3.8) is 0 Å². The summed E-state index contributed by atoms with van der Waals surface area (Å²) in [6.07, 6.45) is 1.41. The molecule has 1 aromatic heterocycles. The average Bonchev–Trinajstić information content (AvgIpc) is 3.31. The normalized spacial score (nSPS) is 25.9. The van der Waals surface area contributed by atoms with Crippen molar-refractivity contribution in [1.82, 2.24) is 9.47 Å². The van der Waals surface area contributed by atoms with Crippen LogP contribution in [0.1, 0.15) is 46.2 Å². The number of aromatic nitrogens is 1. The standard InChI is InChI=1S/C23H23FN2O5/c1-2-30-23(29)15-10-25-11-18-14-8-16(24)17(9-14)26(18)22(28)19(25)21(20(15)27)31-12-13-6-4-3-5-7-13/h3-7,10,14,16-18H,2,8-9,11-12H2,1H3/t14-,16-,17-,18+/m1/s1. The van der Waals surface area contributed by atoms with Crippen LogP contribution in [0.3, 0.4) is 0 Å². The molecule has 1 amide bonds. The Labute approximate surface area is 178 Å². The van der Waals surface area contributed by atoms with Crippen LogP contribution in [0.4, 0.5) is 4.39 Å². The van der Waals surface area contributed by atoms with Gasteiger partial charge in [-0.15, -0.1) is 0 Å². The van der Waals surface area contributed by atoms with Crippen LogP contribution in [0.2, 0.25) is 0 Å². The Morgan fingerprint density at radius 2 is 1.94 bits per heavy atom. The number of alkyl halides is 1. The maximum atomic E-state index is 14.4. The maximum Gasteiger partial charge on any atom is 0.343 e. The third kappa shape index (κ3) is 3.12. The predicted molar refractivity (Wildman–Crippen MR) is 109 cm³/mol. The number of fused-ring (bicyclic) bond motifs is 6. The Hall–Kier alpha value is -3.16. The van der Waals surface area contributed by atoms with E-state index in [1.165, 1.54) is 6.20 Å². The molecule has 2 fully saturated rings. The van der Waals surface area contributed by atoms with Gasteiger partial charge < -0.3 is 18.9 Å². The van der Waals surface area contributed by atoms with Crippen molar-refractivity contribution in [1.29, 1.82) is 0 Å². The van der Waals surface area contributed by atoms with Crippen molar-refractivity contribution in [2.75, 3.05) is 6.61 Å². The van der Waals surface area contributed by atoms with E-state index in [4.69, 9.17) is 9.47 Å². The fraction of sp³-hybridized carbons (Fsp3) is 0.435. The second kappa shape index (κ2) is 7.51. The molecule has 2 aliphatic heterocycles. The summed E-state index contributed by atoms with van der Waals surface area (Å²) in [6.45, 7) is 2.23. The van der Waals surface area contributed by atoms with Crippen molar-refractivity contribution in [3.05, 3.63) is 63.6 Å². The second-order valence-corrected chi connectivity index (χ2v) is 8.29. The van der Waals surface area contributed by atoms with E-state index in [1.807, 2.05) is 30.3 Å². The molecule has 1 saturated carbocycles. The van der Waals surface area contributed by atoms with E-state index in [9.17, 15) is 18.8 Å². The Morgan fingerprint density at radius 3 is 2.68 bits per heavy atom. The molecular formula is C23H23FN2O5. The van der Waals surface area contributed by atoms with Crippen LogP contribution in [0.5, 0.6) is 5.75 Å². The average molecular weight is 426 g/mol. The zero-order valence-electron chi connectivity index (χ0n) is 17.1. The summed E-state index contributed by atoms with van der Waals surface area (Å²) in [5.74, 6) is -1.27. The summed E-state index contributed by atoms with van der Waals surface area (Å²) in [6, 6.07) is 8.62. The van der Waals surface area contributed by atoms with Gasteiger partial charge in [0.1, 0.15) is 18.3 Å². The van der Waals surface area contributed by atoms with Gasteiger partial charge in [-0.2, -0.15) is 0 Å². The van der Waals surface area contributed by atoms with Gasteiger partial charge in [0.25, 0.3) is 5.91 Å². The molecule has 4 atom stereocenters. The number of carbonyl (C=O) groups is 2. The Bertz CT molecular complexity index is 1100. The molecule has 2 bridgehead atoms. The van der Waals surface area contributed by atoms with Crippen molar-refractivity contribution >= 4 is 11.9 Å². The van der Waals surface area contributed by atoms with E-state index in [2.05, 4.69) is 0 Å². The number of pyridine rings is 1. The lowest BCUT2D eigenvalue weighted by molar-refractivity contribution is 0.0310. The number of esters is 1. The van der Waals surface area contributed by atoms with Gasteiger partial charge in [0, 0.05) is 12.7 Å². The zero-order chi connectivity index (χ0) is 21.7. The van der Waals surface area contributed by atoms with Crippen LogP contribution in [0.25, 0.3) is 0 Å². The van der Waals surface area contributed by atoms with Crippen molar-refractivity contribution in [3.8, 4) is 5.75 Å². The number of benzene rings is 1. The molecule has 7 nitrogen and oxygen atoms in total. The fourth-order valence-electron chi connectivity index (χ4n) is 5.16. The number of carbonyl (C=O) groups excluding carboxylic acids is 2. The third-order valence-electron chi connectivity index (χ3n) is 6.53. The number of hydrogen-bond donors (Lipinski definition) is 0. The SMILES string of the molecule is CCOC(=O)c1cn2c(c(OCc3ccccc3)c1=O)C(=O)N1[C@@H]3C[C@@H](C[C@H]3F)[C@@H]1C2. The van der Waals surface area contributed by atoms with Crippen molar-refractivity contribution < 1.29 is 23.5 Å². The number of halogens is 1. The largest absolute Gasteiger partial charge is 0.483 e. The second-order valence-electron chi connectivity index (χ2n) is 8.29. The highest BCUT2D eigenvalue weighted by Gasteiger charge is 2.56. The Kier molecular flexibility index (Phi) is 4.79. The lowest BCUT2D eigenvalue weighted by atomic mass is 9.95. The molecular weight excluding hydrogens is 403 g/mol. The maximum absolute atomic E-state index is 14.4. The van der Waals surface area contributed by atoms with Gasteiger partial charge in [0.2, 0.25) is 5.43 Å². The number of amides is 1. The molecule has 3 heterocycles. The smallest absolute Gasteiger partial charge is 0.343 e. The van der Waals surface area contributed by atoms with E-state index >= 15 is 0 Å². The van der Waals surface area contributed by atoms with Crippen LogP contribution in [-0.2, 0) is 17.9 Å². The first kappa shape index (κ1) is 19.8. The lowest BCUT2D eigenvalue weighted by Gasteiger charge is -2.41. The van der Waals surface area contributed by atoms with Gasteiger partial charge in [-0.05, 0) is 31.2 Å². The number of ether oxygens (including phenoxy) is 2. The first-order valence-electron chi connectivity index (χ1n) is 10.6. The predicted octanol–water partition coefficient (Wildman–Crippen LogP) is 2.56. The Balaban J connectivity index is 1.59. The van der Waals surface area contributed by atoms with Gasteiger partial charge >= 0.3 is 5.97 Å². The van der Waals surface area contributed by atoms with Crippen LogP contribution in [0, 0.1) is 5.92 Å². The molecule has 1 aliphatic carbocycles. The highest BCUT2D eigenvalue weighted by Crippen LogP contribution is 2.47. The first-order chi connectivity index (χ1) is 15.0. The molecule has 162 valence electrons. The van der Waals surface area contributed by atoms with Crippen LogP contribution >= 0.6 is 0 Å². The van der Waals surface area contributed by atoms with Crippen molar-refractivity contribution in [2.45, 2.75) is 51.2 Å². The van der Waals surface area contributed by atoms with Crippen LogP contribution in [-0.4, -0.2) is 46.2 Å². The van der Waals surface area contributed by atoms with E-state index in [1.54, 1.807) is 16.4 Å². The number of nitrogens with zero attached hydrogens (tertiary/aromatic N) is 2. The minimum atomic E-state index is -1.05. The summed E-state index contributed by atoms with van der Waals surface area (Å²) < 4.78 is 26.9. The van der Waals surface area contributed by atoms with E-state index < -0.39 is 29.5 Å². The van der Waals surface area contributed by atoms with Gasteiger partial charge in [0.15, 0.2) is 11.4 Å². The summed E-state index contributed by atoms with van der Waals surface area (Å²) in [5, 5.41) is 0. The topological polar surface area (TPSA) is 77.8 Å².